The van der Waals surface area contributed by atoms with Gasteiger partial charge in [-0.1, -0.05) is 74.0 Å². The summed E-state index contributed by atoms with van der Waals surface area (Å²) in [6, 6.07) is 25.0. The van der Waals surface area contributed by atoms with E-state index in [1.807, 2.05) is 30.3 Å². The first-order valence-electron chi connectivity index (χ1n) is 9.72. The highest BCUT2D eigenvalue weighted by molar-refractivity contribution is 7.90. The molecule has 0 spiro atoms. The Bertz CT molecular complexity index is 1050. The Morgan fingerprint density at radius 3 is 2.21 bits per heavy atom. The number of carbonyl (C=O) groups is 1. The molecule has 0 saturated heterocycles. The summed E-state index contributed by atoms with van der Waals surface area (Å²) in [5, 5.41) is 3.08. The van der Waals surface area contributed by atoms with Gasteiger partial charge in [-0.15, -0.1) is 0 Å². The SMILES string of the molecule is CCCC(NC(=O)c1cccc(CS(=O)(=O)c2ccccc2)c1)c1ccccc1. The second-order valence-corrected chi connectivity index (χ2v) is 8.99. The summed E-state index contributed by atoms with van der Waals surface area (Å²) in [5.74, 6) is -0.346. The zero-order valence-corrected chi connectivity index (χ0v) is 17.2. The highest BCUT2D eigenvalue weighted by Crippen LogP contribution is 2.20. The lowest BCUT2D eigenvalue weighted by atomic mass is 10.0. The standard InChI is InChI=1S/C24H25NO3S/c1-2-10-23(20-12-5-3-6-13-20)25-24(26)21-14-9-11-19(17-21)18-29(27,28)22-15-7-4-8-16-22/h3-9,11-17,23H,2,10,18H2,1H3,(H,25,26). The Hall–Kier alpha value is -2.92. The molecule has 5 heteroatoms. The van der Waals surface area contributed by atoms with Crippen molar-refractivity contribution in [2.45, 2.75) is 36.5 Å². The molecule has 3 rings (SSSR count). The molecule has 1 N–H and O–H groups in total. The van der Waals surface area contributed by atoms with Gasteiger partial charge in [0.05, 0.1) is 16.7 Å². The van der Waals surface area contributed by atoms with Crippen LogP contribution in [0, 0.1) is 0 Å². The highest BCUT2D eigenvalue weighted by atomic mass is 32.2. The molecular weight excluding hydrogens is 382 g/mol. The van der Waals surface area contributed by atoms with E-state index < -0.39 is 9.84 Å². The van der Waals surface area contributed by atoms with E-state index in [1.165, 1.54) is 0 Å². The van der Waals surface area contributed by atoms with Crippen LogP contribution in [-0.2, 0) is 15.6 Å². The molecule has 29 heavy (non-hydrogen) atoms. The maximum atomic E-state index is 12.8. The van der Waals surface area contributed by atoms with E-state index in [2.05, 4.69) is 12.2 Å². The zero-order valence-electron chi connectivity index (χ0n) is 16.4. The van der Waals surface area contributed by atoms with Crippen LogP contribution in [0.1, 0.15) is 47.3 Å². The van der Waals surface area contributed by atoms with Gasteiger partial charge in [-0.25, -0.2) is 8.42 Å². The number of nitrogens with one attached hydrogen (secondary N) is 1. The highest BCUT2D eigenvalue weighted by Gasteiger charge is 2.18. The van der Waals surface area contributed by atoms with Crippen LogP contribution in [0.5, 0.6) is 0 Å². The molecule has 0 heterocycles. The number of carbonyl (C=O) groups excluding carboxylic acids is 1. The lowest BCUT2D eigenvalue weighted by Gasteiger charge is -2.19. The van der Waals surface area contributed by atoms with Crippen molar-refractivity contribution >= 4 is 15.7 Å². The molecule has 0 fully saturated rings. The lowest BCUT2D eigenvalue weighted by Crippen LogP contribution is -2.28. The first-order chi connectivity index (χ1) is 14.0. The molecule has 1 unspecified atom stereocenters. The first-order valence-corrected chi connectivity index (χ1v) is 11.4. The van der Waals surface area contributed by atoms with Crippen LogP contribution in [0.4, 0.5) is 0 Å². The van der Waals surface area contributed by atoms with Gasteiger partial charge in [0, 0.05) is 5.56 Å². The molecule has 1 amide bonds. The Morgan fingerprint density at radius 2 is 1.55 bits per heavy atom. The summed E-state index contributed by atoms with van der Waals surface area (Å²) >= 11 is 0. The van der Waals surface area contributed by atoms with Crippen molar-refractivity contribution in [1.82, 2.24) is 5.32 Å². The molecular formula is C24H25NO3S. The predicted octanol–water partition coefficient (Wildman–Crippen LogP) is 4.93. The maximum absolute atomic E-state index is 12.8. The number of rotatable bonds is 8. The van der Waals surface area contributed by atoms with E-state index >= 15 is 0 Å². The Kier molecular flexibility index (Phi) is 6.83. The van der Waals surface area contributed by atoms with Gasteiger partial charge in [0.25, 0.3) is 5.91 Å². The normalized spacial score (nSPS) is 12.3. The molecule has 0 aliphatic heterocycles. The van der Waals surface area contributed by atoms with Gasteiger partial charge in [-0.05, 0) is 41.8 Å². The lowest BCUT2D eigenvalue weighted by molar-refractivity contribution is 0.0934. The van der Waals surface area contributed by atoms with Gasteiger partial charge in [-0.3, -0.25) is 4.79 Å². The van der Waals surface area contributed by atoms with E-state index in [-0.39, 0.29) is 22.6 Å². The third-order valence-electron chi connectivity index (χ3n) is 4.73. The van der Waals surface area contributed by atoms with Crippen molar-refractivity contribution in [3.63, 3.8) is 0 Å². The van der Waals surface area contributed by atoms with Gasteiger partial charge in [0.2, 0.25) is 0 Å². The van der Waals surface area contributed by atoms with Crippen molar-refractivity contribution in [2.24, 2.45) is 0 Å². The first kappa shape index (κ1) is 20.8. The summed E-state index contributed by atoms with van der Waals surface area (Å²) in [6.07, 6.45) is 1.77. The molecule has 0 aromatic heterocycles. The molecule has 150 valence electrons. The number of hydrogen-bond donors (Lipinski definition) is 1. The molecule has 0 aliphatic rings. The van der Waals surface area contributed by atoms with Crippen molar-refractivity contribution in [2.75, 3.05) is 0 Å². The molecule has 3 aromatic carbocycles. The number of amides is 1. The number of sulfone groups is 1. The van der Waals surface area contributed by atoms with Crippen LogP contribution in [0.25, 0.3) is 0 Å². The maximum Gasteiger partial charge on any atom is 0.251 e. The van der Waals surface area contributed by atoms with E-state index in [0.717, 1.165) is 18.4 Å². The van der Waals surface area contributed by atoms with Gasteiger partial charge in [0.1, 0.15) is 0 Å². The molecule has 0 bridgehead atoms. The zero-order chi connectivity index (χ0) is 20.7. The van der Waals surface area contributed by atoms with Crippen LogP contribution in [-0.4, -0.2) is 14.3 Å². The molecule has 4 nitrogen and oxygen atoms in total. The van der Waals surface area contributed by atoms with Gasteiger partial charge in [0.15, 0.2) is 9.84 Å². The van der Waals surface area contributed by atoms with E-state index in [4.69, 9.17) is 0 Å². The summed E-state index contributed by atoms with van der Waals surface area (Å²) in [7, 11) is -3.46. The second-order valence-electron chi connectivity index (χ2n) is 7.00. The van der Waals surface area contributed by atoms with E-state index in [1.54, 1.807) is 54.6 Å². The van der Waals surface area contributed by atoms with Gasteiger partial charge >= 0.3 is 0 Å². The fourth-order valence-corrected chi connectivity index (χ4v) is 4.63. The number of hydrogen-bond acceptors (Lipinski definition) is 3. The summed E-state index contributed by atoms with van der Waals surface area (Å²) in [4.78, 5) is 13.1. The quantitative estimate of drug-likeness (QED) is 0.576. The average molecular weight is 408 g/mol. The molecule has 0 aliphatic carbocycles. The van der Waals surface area contributed by atoms with Crippen LogP contribution in [0.3, 0.4) is 0 Å². The molecule has 0 saturated carbocycles. The van der Waals surface area contributed by atoms with Crippen molar-refractivity contribution in [3.05, 3.63) is 102 Å². The predicted molar refractivity (Wildman–Crippen MR) is 115 cm³/mol. The van der Waals surface area contributed by atoms with E-state index in [9.17, 15) is 13.2 Å². The summed E-state index contributed by atoms with van der Waals surface area (Å²) in [6.45, 7) is 2.08. The fraction of sp³-hybridized carbons (Fsp3) is 0.208. The topological polar surface area (TPSA) is 63.2 Å². The van der Waals surface area contributed by atoms with Crippen LogP contribution >= 0.6 is 0 Å². The van der Waals surface area contributed by atoms with Crippen LogP contribution < -0.4 is 5.32 Å². The molecule has 3 aromatic rings. The molecule has 0 radical (unpaired) electrons. The second kappa shape index (κ2) is 9.52. The summed E-state index contributed by atoms with van der Waals surface area (Å²) in [5.41, 5.74) is 2.11. The van der Waals surface area contributed by atoms with Crippen molar-refractivity contribution in [3.8, 4) is 0 Å². The van der Waals surface area contributed by atoms with Gasteiger partial charge < -0.3 is 5.32 Å². The minimum atomic E-state index is -3.46. The average Bonchev–Trinajstić information content (AvgIpc) is 2.74. The van der Waals surface area contributed by atoms with Gasteiger partial charge in [-0.2, -0.15) is 0 Å². The smallest absolute Gasteiger partial charge is 0.251 e. The monoisotopic (exact) mass is 407 g/mol. The fourth-order valence-electron chi connectivity index (χ4n) is 3.27. The third-order valence-corrected chi connectivity index (χ3v) is 6.44. The minimum Gasteiger partial charge on any atom is -0.345 e. The summed E-state index contributed by atoms with van der Waals surface area (Å²) < 4.78 is 25.3. The Morgan fingerprint density at radius 1 is 0.897 bits per heavy atom. The van der Waals surface area contributed by atoms with Crippen molar-refractivity contribution in [1.29, 1.82) is 0 Å². The Balaban J connectivity index is 1.77. The Labute approximate surface area is 172 Å². The van der Waals surface area contributed by atoms with E-state index in [0.29, 0.717) is 11.1 Å². The third kappa shape index (κ3) is 5.55. The van der Waals surface area contributed by atoms with Crippen LogP contribution in [0.2, 0.25) is 0 Å². The minimum absolute atomic E-state index is 0.0783. The molecule has 1 atom stereocenters. The number of benzene rings is 3. The van der Waals surface area contributed by atoms with Crippen molar-refractivity contribution < 1.29 is 13.2 Å². The largest absolute Gasteiger partial charge is 0.345 e. The van der Waals surface area contributed by atoms with Crippen LogP contribution in [0.15, 0.2) is 89.8 Å².